The maximum Gasteiger partial charge on any atom is 0.342 e. The van der Waals surface area contributed by atoms with E-state index >= 15 is 0 Å². The lowest BCUT2D eigenvalue weighted by molar-refractivity contribution is 0.0693. The summed E-state index contributed by atoms with van der Waals surface area (Å²) in [6.45, 7) is 1.89. The van der Waals surface area contributed by atoms with Crippen LogP contribution in [0.25, 0.3) is 0 Å². The van der Waals surface area contributed by atoms with Gasteiger partial charge in [-0.25, -0.2) is 14.8 Å². The number of para-hydroxylation sites is 1. The van der Waals surface area contributed by atoms with Crippen LogP contribution >= 0.6 is 0 Å². The van der Waals surface area contributed by atoms with Gasteiger partial charge in [-0.2, -0.15) is 0 Å². The molecule has 1 aliphatic heterocycles. The van der Waals surface area contributed by atoms with E-state index in [2.05, 4.69) is 9.98 Å². The van der Waals surface area contributed by atoms with Crippen LogP contribution in [0.4, 0.5) is 5.69 Å². The fraction of sp³-hybridized carbons (Fsp3) is 0.250. The van der Waals surface area contributed by atoms with Gasteiger partial charge in [0.05, 0.1) is 11.4 Å². The summed E-state index contributed by atoms with van der Waals surface area (Å²) in [5, 5.41) is 9.07. The van der Waals surface area contributed by atoms with Gasteiger partial charge in [0, 0.05) is 12.2 Å². The van der Waals surface area contributed by atoms with E-state index in [-0.39, 0.29) is 11.6 Å². The Bertz CT molecular complexity index is 809. The standard InChI is InChI=1S/C16H15N3O3/c1-10-7-8-13(18-11-5-3-2-4-6-11)14-17-9-12(16(21)22)15(20)19(10)14/h2-6,9-10H,7-8H2,1H3,(H,21,22). The van der Waals surface area contributed by atoms with Gasteiger partial charge in [0.25, 0.3) is 5.56 Å². The largest absolute Gasteiger partial charge is 0.477 e. The Balaban J connectivity index is 2.16. The highest BCUT2D eigenvalue weighted by Gasteiger charge is 2.26. The second kappa shape index (κ2) is 5.55. The molecule has 1 unspecified atom stereocenters. The molecule has 0 radical (unpaired) electrons. The third kappa shape index (κ3) is 2.43. The Morgan fingerprint density at radius 2 is 2.09 bits per heavy atom. The van der Waals surface area contributed by atoms with Gasteiger partial charge < -0.3 is 5.11 Å². The maximum absolute atomic E-state index is 12.4. The number of benzene rings is 1. The summed E-state index contributed by atoms with van der Waals surface area (Å²) >= 11 is 0. The molecule has 0 saturated heterocycles. The van der Waals surface area contributed by atoms with E-state index in [1.807, 2.05) is 37.3 Å². The summed E-state index contributed by atoms with van der Waals surface area (Å²) in [5.41, 5.74) is 0.663. The van der Waals surface area contributed by atoms with E-state index in [0.29, 0.717) is 18.0 Å². The molecule has 0 aliphatic carbocycles. The van der Waals surface area contributed by atoms with Gasteiger partial charge >= 0.3 is 5.97 Å². The molecule has 112 valence electrons. The van der Waals surface area contributed by atoms with Crippen LogP contribution < -0.4 is 5.56 Å². The van der Waals surface area contributed by atoms with E-state index < -0.39 is 11.5 Å². The van der Waals surface area contributed by atoms with Crippen molar-refractivity contribution in [1.29, 1.82) is 0 Å². The number of hydrogen-bond acceptors (Lipinski definition) is 4. The molecule has 0 fully saturated rings. The van der Waals surface area contributed by atoms with Crippen molar-refractivity contribution >= 4 is 17.4 Å². The molecule has 3 rings (SSSR count). The van der Waals surface area contributed by atoms with Gasteiger partial charge in [-0.15, -0.1) is 0 Å². The SMILES string of the molecule is CC1CCC(=Nc2ccccc2)c2ncc(C(=O)O)c(=O)n21. The van der Waals surface area contributed by atoms with Crippen molar-refractivity contribution in [1.82, 2.24) is 9.55 Å². The quantitative estimate of drug-likeness (QED) is 0.922. The fourth-order valence-corrected chi connectivity index (χ4v) is 2.59. The summed E-state index contributed by atoms with van der Waals surface area (Å²) in [4.78, 5) is 32.2. The molecule has 1 N–H and O–H groups in total. The lowest BCUT2D eigenvalue weighted by atomic mass is 10.0. The number of aliphatic imine (C=N–C) groups is 1. The van der Waals surface area contributed by atoms with E-state index in [0.717, 1.165) is 18.3 Å². The van der Waals surface area contributed by atoms with Crippen LogP contribution in [0.3, 0.4) is 0 Å². The second-order valence-corrected chi connectivity index (χ2v) is 5.26. The van der Waals surface area contributed by atoms with Crippen molar-refractivity contribution in [2.75, 3.05) is 0 Å². The van der Waals surface area contributed by atoms with Gasteiger partial charge in [0.15, 0.2) is 5.82 Å². The van der Waals surface area contributed by atoms with Gasteiger partial charge in [-0.3, -0.25) is 9.36 Å². The maximum atomic E-state index is 12.4. The van der Waals surface area contributed by atoms with E-state index in [4.69, 9.17) is 5.11 Å². The predicted molar refractivity (Wildman–Crippen MR) is 82.0 cm³/mol. The van der Waals surface area contributed by atoms with Crippen LogP contribution in [-0.2, 0) is 0 Å². The monoisotopic (exact) mass is 297 g/mol. The Labute approximate surface area is 126 Å². The Kier molecular flexibility index (Phi) is 3.58. The molecule has 1 atom stereocenters. The van der Waals surface area contributed by atoms with Gasteiger partial charge in [0.1, 0.15) is 5.56 Å². The summed E-state index contributed by atoms with van der Waals surface area (Å²) in [6.07, 6.45) is 2.55. The number of hydrogen-bond donors (Lipinski definition) is 1. The first-order valence-corrected chi connectivity index (χ1v) is 7.05. The van der Waals surface area contributed by atoms with Gasteiger partial charge in [0.2, 0.25) is 0 Å². The third-order valence-corrected chi connectivity index (χ3v) is 3.74. The van der Waals surface area contributed by atoms with Crippen molar-refractivity contribution in [3.8, 4) is 0 Å². The Hall–Kier alpha value is -2.76. The topological polar surface area (TPSA) is 84.6 Å². The summed E-state index contributed by atoms with van der Waals surface area (Å²) in [5.74, 6) is -0.801. The molecule has 1 aromatic heterocycles. The number of carboxylic acids is 1. The molecule has 6 nitrogen and oxygen atoms in total. The van der Waals surface area contributed by atoms with Crippen molar-refractivity contribution in [2.24, 2.45) is 4.99 Å². The van der Waals surface area contributed by atoms with Gasteiger partial charge in [-0.1, -0.05) is 18.2 Å². The molecule has 0 bridgehead atoms. The van der Waals surface area contributed by atoms with E-state index in [9.17, 15) is 9.59 Å². The summed E-state index contributed by atoms with van der Waals surface area (Å²) in [6, 6.07) is 9.34. The van der Waals surface area contributed by atoms with Crippen molar-refractivity contribution in [2.45, 2.75) is 25.8 Å². The number of carbonyl (C=O) groups is 1. The zero-order valence-electron chi connectivity index (χ0n) is 12.1. The van der Waals surface area contributed by atoms with Crippen molar-refractivity contribution in [3.05, 3.63) is 58.3 Å². The van der Waals surface area contributed by atoms with E-state index in [1.165, 1.54) is 4.57 Å². The highest BCUT2D eigenvalue weighted by Crippen LogP contribution is 2.24. The molecule has 0 saturated carbocycles. The third-order valence-electron chi connectivity index (χ3n) is 3.74. The smallest absolute Gasteiger partial charge is 0.342 e. The van der Waals surface area contributed by atoms with Crippen molar-refractivity contribution in [3.63, 3.8) is 0 Å². The lowest BCUT2D eigenvalue weighted by Crippen LogP contribution is -2.36. The predicted octanol–water partition coefficient (Wildman–Crippen LogP) is 2.42. The van der Waals surface area contributed by atoms with Crippen LogP contribution in [0.1, 0.15) is 42.0 Å². The van der Waals surface area contributed by atoms with Crippen LogP contribution in [0, 0.1) is 0 Å². The number of nitrogens with zero attached hydrogens (tertiary/aromatic N) is 3. The Morgan fingerprint density at radius 1 is 1.36 bits per heavy atom. The number of fused-ring (bicyclic) bond motifs is 1. The minimum atomic E-state index is -1.26. The zero-order valence-corrected chi connectivity index (χ0v) is 12.1. The molecule has 2 aromatic rings. The van der Waals surface area contributed by atoms with Crippen molar-refractivity contribution < 1.29 is 9.90 Å². The van der Waals surface area contributed by atoms with Crippen LogP contribution in [0.5, 0.6) is 0 Å². The number of aromatic carboxylic acids is 1. The number of rotatable bonds is 2. The highest BCUT2D eigenvalue weighted by molar-refractivity contribution is 6.00. The minimum Gasteiger partial charge on any atom is -0.477 e. The molecule has 0 spiro atoms. The second-order valence-electron chi connectivity index (χ2n) is 5.26. The lowest BCUT2D eigenvalue weighted by Gasteiger charge is -2.25. The molecule has 22 heavy (non-hydrogen) atoms. The molecule has 0 amide bonds. The van der Waals surface area contributed by atoms with E-state index in [1.54, 1.807) is 0 Å². The minimum absolute atomic E-state index is 0.0935. The van der Waals surface area contributed by atoms with Crippen LogP contribution in [0.15, 0.2) is 46.3 Å². The average molecular weight is 297 g/mol. The first-order valence-electron chi connectivity index (χ1n) is 7.05. The molecule has 1 aliphatic rings. The normalized spacial score (nSPS) is 19.0. The molecule has 6 heteroatoms. The average Bonchev–Trinajstić information content (AvgIpc) is 2.51. The summed E-state index contributed by atoms with van der Waals surface area (Å²) in [7, 11) is 0. The summed E-state index contributed by atoms with van der Waals surface area (Å²) < 4.78 is 1.44. The zero-order chi connectivity index (χ0) is 15.7. The first kappa shape index (κ1) is 14.2. The highest BCUT2D eigenvalue weighted by atomic mass is 16.4. The van der Waals surface area contributed by atoms with Crippen LogP contribution in [-0.4, -0.2) is 26.3 Å². The first-order chi connectivity index (χ1) is 10.6. The number of carboxylic acid groups (broad SMARTS) is 1. The fourth-order valence-electron chi connectivity index (χ4n) is 2.59. The molecular weight excluding hydrogens is 282 g/mol. The molecule has 1 aromatic carbocycles. The van der Waals surface area contributed by atoms with Gasteiger partial charge in [-0.05, 0) is 31.9 Å². The Morgan fingerprint density at radius 3 is 2.77 bits per heavy atom. The number of aromatic nitrogens is 2. The molecule has 2 heterocycles. The van der Waals surface area contributed by atoms with Crippen LogP contribution in [0.2, 0.25) is 0 Å². The molecular formula is C16H15N3O3.